The van der Waals surface area contributed by atoms with Gasteiger partial charge >= 0.3 is 0 Å². The van der Waals surface area contributed by atoms with Crippen LogP contribution in [0.15, 0.2) is 0 Å². The van der Waals surface area contributed by atoms with Gasteiger partial charge in [-0.25, -0.2) is 8.42 Å². The molecule has 2 atom stereocenters. The van der Waals surface area contributed by atoms with Crippen LogP contribution in [-0.4, -0.2) is 43.3 Å². The van der Waals surface area contributed by atoms with Crippen molar-refractivity contribution in [3.05, 3.63) is 0 Å². The van der Waals surface area contributed by atoms with Crippen molar-refractivity contribution in [2.75, 3.05) is 12.9 Å². The zero-order valence-electron chi connectivity index (χ0n) is 11.3. The SMILES string of the molecule is CCOC1CC(O)(C2CCCC(S(C)(=O)=O)C2)C1. The molecule has 0 bridgehead atoms. The van der Waals surface area contributed by atoms with Crippen molar-refractivity contribution in [1.29, 1.82) is 0 Å². The highest BCUT2D eigenvalue weighted by Crippen LogP contribution is 2.46. The summed E-state index contributed by atoms with van der Waals surface area (Å²) in [4.78, 5) is 0. The Morgan fingerprint density at radius 2 is 2.00 bits per heavy atom. The van der Waals surface area contributed by atoms with Gasteiger partial charge in [-0.3, -0.25) is 0 Å². The van der Waals surface area contributed by atoms with Crippen LogP contribution in [0, 0.1) is 5.92 Å². The topological polar surface area (TPSA) is 63.6 Å². The summed E-state index contributed by atoms with van der Waals surface area (Å²) in [5.41, 5.74) is -0.677. The normalized spacial score (nSPS) is 41.4. The second-order valence-electron chi connectivity index (χ2n) is 5.90. The average molecular weight is 276 g/mol. The molecule has 0 saturated heterocycles. The van der Waals surface area contributed by atoms with Crippen LogP contribution < -0.4 is 0 Å². The lowest BCUT2D eigenvalue weighted by molar-refractivity contribution is -0.171. The van der Waals surface area contributed by atoms with Crippen molar-refractivity contribution >= 4 is 9.84 Å². The van der Waals surface area contributed by atoms with Gasteiger partial charge in [-0.2, -0.15) is 0 Å². The molecule has 2 saturated carbocycles. The maximum absolute atomic E-state index is 11.6. The van der Waals surface area contributed by atoms with Crippen LogP contribution in [0.1, 0.15) is 45.4 Å². The minimum absolute atomic E-state index is 0.127. The van der Waals surface area contributed by atoms with E-state index in [0.717, 1.165) is 19.3 Å². The third kappa shape index (κ3) is 2.89. The Morgan fingerprint density at radius 3 is 2.56 bits per heavy atom. The van der Waals surface area contributed by atoms with Gasteiger partial charge in [0.1, 0.15) is 9.84 Å². The van der Waals surface area contributed by atoms with Crippen LogP contribution in [0.4, 0.5) is 0 Å². The van der Waals surface area contributed by atoms with Gasteiger partial charge < -0.3 is 9.84 Å². The third-order valence-electron chi connectivity index (χ3n) is 4.56. The van der Waals surface area contributed by atoms with Crippen LogP contribution >= 0.6 is 0 Å². The predicted octanol–water partition coefficient (Wildman–Crippen LogP) is 1.52. The van der Waals surface area contributed by atoms with E-state index in [9.17, 15) is 13.5 Å². The number of aliphatic hydroxyl groups is 1. The van der Waals surface area contributed by atoms with E-state index >= 15 is 0 Å². The van der Waals surface area contributed by atoms with Crippen LogP contribution in [0.25, 0.3) is 0 Å². The molecule has 2 rings (SSSR count). The van der Waals surface area contributed by atoms with Gasteiger partial charge in [0.2, 0.25) is 0 Å². The van der Waals surface area contributed by atoms with Crippen molar-refractivity contribution in [1.82, 2.24) is 0 Å². The van der Waals surface area contributed by atoms with E-state index < -0.39 is 15.4 Å². The number of ether oxygens (including phenoxy) is 1. The third-order valence-corrected chi connectivity index (χ3v) is 6.20. The smallest absolute Gasteiger partial charge is 0.150 e. The fourth-order valence-corrected chi connectivity index (χ4v) is 4.61. The molecule has 2 fully saturated rings. The molecule has 0 aliphatic heterocycles. The molecule has 2 aliphatic rings. The van der Waals surface area contributed by atoms with E-state index in [0.29, 0.717) is 25.9 Å². The maximum atomic E-state index is 11.6. The molecule has 1 N–H and O–H groups in total. The molecule has 0 spiro atoms. The highest BCUT2D eigenvalue weighted by Gasteiger charge is 2.50. The Balaban J connectivity index is 1.94. The zero-order valence-corrected chi connectivity index (χ0v) is 12.1. The molecular formula is C13H24O4S. The molecule has 0 heterocycles. The van der Waals surface area contributed by atoms with E-state index in [1.807, 2.05) is 6.92 Å². The quantitative estimate of drug-likeness (QED) is 0.845. The lowest BCUT2D eigenvalue weighted by atomic mass is 9.64. The van der Waals surface area contributed by atoms with Gasteiger partial charge in [0.15, 0.2) is 0 Å². The lowest BCUT2D eigenvalue weighted by Gasteiger charge is -2.50. The first-order valence-electron chi connectivity index (χ1n) is 6.88. The number of hydrogen-bond donors (Lipinski definition) is 1. The second kappa shape index (κ2) is 5.10. The van der Waals surface area contributed by atoms with Crippen molar-refractivity contribution in [2.45, 2.75) is 62.4 Å². The van der Waals surface area contributed by atoms with E-state index in [1.165, 1.54) is 6.26 Å². The summed E-state index contributed by atoms with van der Waals surface area (Å²) in [6.45, 7) is 2.63. The van der Waals surface area contributed by atoms with E-state index in [2.05, 4.69) is 0 Å². The molecule has 5 heteroatoms. The maximum Gasteiger partial charge on any atom is 0.150 e. The van der Waals surface area contributed by atoms with Crippen LogP contribution in [0.5, 0.6) is 0 Å². The van der Waals surface area contributed by atoms with Gasteiger partial charge in [-0.1, -0.05) is 6.42 Å². The Kier molecular flexibility index (Phi) is 4.04. The zero-order chi connectivity index (χ0) is 13.4. The summed E-state index contributed by atoms with van der Waals surface area (Å²) < 4.78 is 28.7. The fraction of sp³-hybridized carbons (Fsp3) is 1.00. The number of rotatable bonds is 4. The minimum Gasteiger partial charge on any atom is -0.389 e. The summed E-state index contributed by atoms with van der Waals surface area (Å²) in [7, 11) is -2.97. The standard InChI is InChI=1S/C13H24O4S/c1-3-17-11-8-13(14,9-11)10-5-4-6-12(7-10)18(2,15)16/h10-12,14H,3-9H2,1-2H3. The first-order chi connectivity index (χ1) is 8.35. The van der Waals surface area contributed by atoms with E-state index in [4.69, 9.17) is 4.74 Å². The second-order valence-corrected chi connectivity index (χ2v) is 8.23. The van der Waals surface area contributed by atoms with E-state index in [1.54, 1.807) is 0 Å². The summed E-state index contributed by atoms with van der Waals surface area (Å²) >= 11 is 0. The number of sulfone groups is 1. The largest absolute Gasteiger partial charge is 0.389 e. The monoisotopic (exact) mass is 276 g/mol. The Labute approximate surface area is 110 Å². The first-order valence-corrected chi connectivity index (χ1v) is 8.83. The summed E-state index contributed by atoms with van der Waals surface area (Å²) in [5.74, 6) is 0.127. The van der Waals surface area contributed by atoms with Gasteiger partial charge in [0, 0.05) is 25.7 Å². The van der Waals surface area contributed by atoms with Gasteiger partial charge in [0.05, 0.1) is 17.0 Å². The van der Waals surface area contributed by atoms with Crippen LogP contribution in [0.3, 0.4) is 0 Å². The Bertz CT molecular complexity index is 384. The molecule has 18 heavy (non-hydrogen) atoms. The van der Waals surface area contributed by atoms with Crippen molar-refractivity contribution in [3.63, 3.8) is 0 Å². The number of hydrogen-bond acceptors (Lipinski definition) is 4. The van der Waals surface area contributed by atoms with Crippen LogP contribution in [-0.2, 0) is 14.6 Å². The summed E-state index contributed by atoms with van der Waals surface area (Å²) in [6.07, 6.45) is 6.04. The first kappa shape index (κ1) is 14.3. The molecule has 0 aromatic heterocycles. The average Bonchev–Trinajstić information content (AvgIpc) is 2.26. The molecule has 0 amide bonds. The highest BCUT2D eigenvalue weighted by atomic mass is 32.2. The molecule has 0 aromatic rings. The molecule has 106 valence electrons. The minimum atomic E-state index is -2.97. The van der Waals surface area contributed by atoms with Gasteiger partial charge in [-0.15, -0.1) is 0 Å². The molecule has 2 aliphatic carbocycles. The molecule has 2 unspecified atom stereocenters. The van der Waals surface area contributed by atoms with Crippen LogP contribution in [0.2, 0.25) is 0 Å². The highest BCUT2D eigenvalue weighted by molar-refractivity contribution is 7.91. The Morgan fingerprint density at radius 1 is 1.33 bits per heavy atom. The molecular weight excluding hydrogens is 252 g/mol. The lowest BCUT2D eigenvalue weighted by Crippen LogP contribution is -2.55. The molecule has 0 aromatic carbocycles. The van der Waals surface area contributed by atoms with Gasteiger partial charge in [-0.05, 0) is 32.1 Å². The summed E-state index contributed by atoms with van der Waals surface area (Å²) in [5, 5.41) is 10.3. The molecule has 0 radical (unpaired) electrons. The van der Waals surface area contributed by atoms with Crippen molar-refractivity contribution in [3.8, 4) is 0 Å². The Hall–Kier alpha value is -0.130. The van der Waals surface area contributed by atoms with Crippen molar-refractivity contribution in [2.24, 2.45) is 5.92 Å². The fourth-order valence-electron chi connectivity index (χ4n) is 3.44. The van der Waals surface area contributed by atoms with E-state index in [-0.39, 0.29) is 17.3 Å². The van der Waals surface area contributed by atoms with Gasteiger partial charge in [0.25, 0.3) is 0 Å². The molecule has 4 nitrogen and oxygen atoms in total. The summed E-state index contributed by atoms with van der Waals surface area (Å²) in [6, 6.07) is 0. The predicted molar refractivity (Wildman–Crippen MR) is 70.2 cm³/mol. The van der Waals surface area contributed by atoms with Crippen molar-refractivity contribution < 1.29 is 18.3 Å².